The van der Waals surface area contributed by atoms with Gasteiger partial charge in [-0.15, -0.1) is 5.10 Å². The van der Waals surface area contributed by atoms with Crippen LogP contribution in [0, 0.1) is 5.82 Å². The maximum atomic E-state index is 13.6. The van der Waals surface area contributed by atoms with E-state index in [0.29, 0.717) is 22.5 Å². The van der Waals surface area contributed by atoms with Gasteiger partial charge in [-0.05, 0) is 42.0 Å². The number of rotatable bonds is 4. The largest absolute Gasteiger partial charge is 0.330 e. The third kappa shape index (κ3) is 4.66. The topological polar surface area (TPSA) is 54.8 Å². The Morgan fingerprint density at radius 2 is 1.96 bits per heavy atom. The van der Waals surface area contributed by atoms with Crippen LogP contribution in [-0.4, -0.2) is 19.9 Å². The van der Waals surface area contributed by atoms with E-state index in [1.165, 1.54) is 6.07 Å². The van der Waals surface area contributed by atoms with E-state index in [1.54, 1.807) is 41.3 Å². The summed E-state index contributed by atoms with van der Waals surface area (Å²) in [5.41, 5.74) is 1.13. The van der Waals surface area contributed by atoms with Gasteiger partial charge < -0.3 is 5.32 Å². The summed E-state index contributed by atoms with van der Waals surface area (Å²) < 4.78 is 15.2. The normalized spacial score (nSPS) is 10.5. The molecule has 25 heavy (non-hydrogen) atoms. The average Bonchev–Trinajstić information content (AvgIpc) is 2.99. The third-order valence-corrected chi connectivity index (χ3v) is 4.02. The smallest absolute Gasteiger partial charge is 0.248 e. The number of nitrogens with zero attached hydrogens (tertiary/aromatic N) is 3. The van der Waals surface area contributed by atoms with E-state index in [1.807, 2.05) is 6.07 Å². The summed E-state index contributed by atoms with van der Waals surface area (Å²) in [7, 11) is 0. The molecule has 0 saturated heterocycles. The predicted octanol–water partition coefficient (Wildman–Crippen LogP) is 4.58. The van der Waals surface area contributed by atoms with Gasteiger partial charge in [0.2, 0.25) is 5.95 Å². The molecule has 2 N–H and O–H groups in total. The van der Waals surface area contributed by atoms with Crippen molar-refractivity contribution in [2.75, 3.05) is 10.6 Å². The van der Waals surface area contributed by atoms with Crippen LogP contribution in [0.15, 0.2) is 48.8 Å². The predicted molar refractivity (Wildman–Crippen MR) is 102 cm³/mol. The molecule has 2 aromatic carbocycles. The first kappa shape index (κ1) is 17.6. The van der Waals surface area contributed by atoms with Crippen LogP contribution in [0.5, 0.6) is 0 Å². The molecule has 0 amide bonds. The number of nitrogens with one attached hydrogen (secondary N) is 2. The molecule has 0 spiro atoms. The second kappa shape index (κ2) is 7.77. The highest BCUT2D eigenvalue weighted by molar-refractivity contribution is 7.80. The highest BCUT2D eigenvalue weighted by Crippen LogP contribution is 2.21. The van der Waals surface area contributed by atoms with Crippen LogP contribution in [0.4, 0.5) is 16.0 Å². The van der Waals surface area contributed by atoms with Crippen molar-refractivity contribution < 1.29 is 4.39 Å². The Morgan fingerprint density at radius 3 is 2.72 bits per heavy atom. The lowest BCUT2D eigenvalue weighted by molar-refractivity contribution is 0.632. The van der Waals surface area contributed by atoms with E-state index in [0.717, 1.165) is 5.56 Å². The molecule has 128 valence electrons. The van der Waals surface area contributed by atoms with Gasteiger partial charge in [0.15, 0.2) is 5.11 Å². The molecule has 0 unspecified atom stereocenters. The number of hydrogen-bond acceptors (Lipinski definition) is 3. The number of thiocarbonyl (C=S) groups is 1. The Morgan fingerprint density at radius 1 is 1.16 bits per heavy atom. The summed E-state index contributed by atoms with van der Waals surface area (Å²) in [6.45, 7) is 0.429. The van der Waals surface area contributed by atoms with Gasteiger partial charge in [-0.3, -0.25) is 5.32 Å². The van der Waals surface area contributed by atoms with Crippen LogP contribution in [0.1, 0.15) is 5.56 Å². The molecule has 0 fully saturated rings. The maximum Gasteiger partial charge on any atom is 0.248 e. The van der Waals surface area contributed by atoms with Gasteiger partial charge in [0.05, 0.1) is 12.2 Å². The fraction of sp³-hybridized carbons (Fsp3) is 0.0625. The second-order valence-electron chi connectivity index (χ2n) is 5.06. The van der Waals surface area contributed by atoms with Crippen molar-refractivity contribution in [2.24, 2.45) is 0 Å². The molecule has 3 aromatic rings. The monoisotopic (exact) mass is 395 g/mol. The third-order valence-electron chi connectivity index (χ3n) is 3.23. The molecule has 0 saturated carbocycles. The Balaban J connectivity index is 1.63. The molecule has 0 bridgehead atoms. The molecule has 9 heteroatoms. The van der Waals surface area contributed by atoms with Crippen LogP contribution in [0.2, 0.25) is 10.0 Å². The van der Waals surface area contributed by atoms with Gasteiger partial charge in [0, 0.05) is 10.0 Å². The van der Waals surface area contributed by atoms with Crippen LogP contribution in [0.25, 0.3) is 0 Å². The van der Waals surface area contributed by atoms with Gasteiger partial charge >= 0.3 is 0 Å². The number of benzene rings is 2. The first-order valence-corrected chi connectivity index (χ1v) is 8.33. The van der Waals surface area contributed by atoms with E-state index in [4.69, 9.17) is 35.4 Å². The van der Waals surface area contributed by atoms with E-state index in [9.17, 15) is 4.39 Å². The van der Waals surface area contributed by atoms with Crippen molar-refractivity contribution in [3.63, 3.8) is 0 Å². The lowest BCUT2D eigenvalue weighted by atomic mass is 10.2. The van der Waals surface area contributed by atoms with Crippen molar-refractivity contribution in [2.45, 2.75) is 6.54 Å². The van der Waals surface area contributed by atoms with Crippen molar-refractivity contribution in [3.8, 4) is 0 Å². The quantitative estimate of drug-likeness (QED) is 0.633. The van der Waals surface area contributed by atoms with Crippen molar-refractivity contribution >= 4 is 52.2 Å². The second-order valence-corrected chi connectivity index (χ2v) is 6.31. The van der Waals surface area contributed by atoms with Crippen LogP contribution < -0.4 is 10.6 Å². The molecule has 0 aliphatic carbocycles. The van der Waals surface area contributed by atoms with Crippen LogP contribution in [-0.2, 0) is 6.54 Å². The number of halogens is 3. The van der Waals surface area contributed by atoms with E-state index >= 15 is 0 Å². The van der Waals surface area contributed by atoms with Gasteiger partial charge in [0.25, 0.3) is 0 Å². The molecule has 0 atom stereocenters. The Kier molecular flexibility index (Phi) is 5.47. The molecule has 0 radical (unpaired) electrons. The zero-order valence-electron chi connectivity index (χ0n) is 12.7. The zero-order chi connectivity index (χ0) is 17.8. The van der Waals surface area contributed by atoms with Crippen molar-refractivity contribution in [1.29, 1.82) is 0 Å². The van der Waals surface area contributed by atoms with Crippen LogP contribution >= 0.6 is 35.4 Å². The Bertz CT molecular complexity index is 915. The van der Waals surface area contributed by atoms with E-state index < -0.39 is 5.82 Å². The Labute approximate surface area is 158 Å². The molecular weight excluding hydrogens is 384 g/mol. The minimum Gasteiger partial charge on any atom is -0.330 e. The minimum absolute atomic E-state index is 0.187. The summed E-state index contributed by atoms with van der Waals surface area (Å²) in [5, 5.41) is 11.1. The highest BCUT2D eigenvalue weighted by atomic mass is 35.5. The van der Waals surface area contributed by atoms with Crippen molar-refractivity contribution in [1.82, 2.24) is 14.8 Å². The Hall–Kier alpha value is -2.22. The summed E-state index contributed by atoms with van der Waals surface area (Å²) >= 11 is 17.2. The maximum absolute atomic E-state index is 13.6. The summed E-state index contributed by atoms with van der Waals surface area (Å²) in [6.07, 6.45) is 1.54. The van der Waals surface area contributed by atoms with Gasteiger partial charge in [-0.25, -0.2) is 14.1 Å². The standard InChI is InChI=1S/C16H12Cl2FN5S/c17-11-6-5-10(12(18)7-11)8-24-9-20-15(23-24)22-16(25)21-14-4-2-1-3-13(14)19/h1-7,9H,8H2,(H2,21,22,23,25). The van der Waals surface area contributed by atoms with Gasteiger partial charge in [-0.2, -0.15) is 0 Å². The van der Waals surface area contributed by atoms with E-state index in [2.05, 4.69) is 20.7 Å². The molecule has 0 aliphatic heterocycles. The number of para-hydroxylation sites is 1. The number of anilines is 2. The summed E-state index contributed by atoms with van der Waals surface area (Å²) in [4.78, 5) is 4.11. The average molecular weight is 396 g/mol. The number of aromatic nitrogens is 3. The molecule has 5 nitrogen and oxygen atoms in total. The molecule has 3 rings (SSSR count). The molecule has 1 heterocycles. The van der Waals surface area contributed by atoms with Crippen molar-refractivity contribution in [3.05, 3.63) is 70.2 Å². The molecule has 0 aliphatic rings. The summed E-state index contributed by atoms with van der Waals surface area (Å²) in [5.74, 6) is -0.110. The van der Waals surface area contributed by atoms with E-state index in [-0.39, 0.29) is 10.8 Å². The highest BCUT2D eigenvalue weighted by Gasteiger charge is 2.08. The minimum atomic E-state index is -0.400. The molecular formula is C16H12Cl2FN5S. The SMILES string of the molecule is Fc1ccccc1NC(=S)Nc1ncn(Cc2ccc(Cl)cc2Cl)n1. The van der Waals surface area contributed by atoms with Crippen LogP contribution in [0.3, 0.4) is 0 Å². The first-order valence-electron chi connectivity index (χ1n) is 7.17. The molecule has 1 aromatic heterocycles. The lowest BCUT2D eigenvalue weighted by Gasteiger charge is -2.08. The zero-order valence-corrected chi connectivity index (χ0v) is 15.0. The van der Waals surface area contributed by atoms with Gasteiger partial charge in [-0.1, -0.05) is 41.4 Å². The number of hydrogen-bond donors (Lipinski definition) is 2. The van der Waals surface area contributed by atoms with Gasteiger partial charge in [0.1, 0.15) is 12.1 Å². The lowest BCUT2D eigenvalue weighted by Crippen LogP contribution is -2.20. The summed E-state index contributed by atoms with van der Waals surface area (Å²) in [6, 6.07) is 11.5. The first-order chi connectivity index (χ1) is 12.0. The fourth-order valence-corrected chi connectivity index (χ4v) is 2.74. The fourth-order valence-electron chi connectivity index (χ4n) is 2.07.